The summed E-state index contributed by atoms with van der Waals surface area (Å²) < 4.78 is 5.73. The molecule has 1 aliphatic heterocycles. The predicted octanol–water partition coefficient (Wildman–Crippen LogP) is 1.65. The Morgan fingerprint density at radius 1 is 1.67 bits per heavy atom. The maximum absolute atomic E-state index is 12.0. The molecule has 2 heterocycles. The summed E-state index contributed by atoms with van der Waals surface area (Å²) in [6, 6.07) is 4.10. The molecule has 2 rings (SSSR count). The summed E-state index contributed by atoms with van der Waals surface area (Å²) in [5, 5.41) is 5.11. The molecule has 1 aromatic heterocycles. The quantitative estimate of drug-likeness (QED) is 0.826. The molecule has 0 aromatic carbocycles. The Balaban J connectivity index is 1.84. The Kier molecular flexibility index (Phi) is 5.16. The summed E-state index contributed by atoms with van der Waals surface area (Å²) in [6.45, 7) is 2.95. The number of nitrogens with one attached hydrogen (secondary N) is 1. The van der Waals surface area contributed by atoms with Crippen LogP contribution in [0.5, 0.6) is 0 Å². The van der Waals surface area contributed by atoms with Crippen LogP contribution in [0.25, 0.3) is 0 Å². The molecule has 0 bridgehead atoms. The highest BCUT2D eigenvalue weighted by molar-refractivity contribution is 7.10. The molecule has 1 fully saturated rings. The molecular formula is C13H20N2O2S. The highest BCUT2D eigenvalue weighted by Crippen LogP contribution is 2.26. The Morgan fingerprint density at radius 2 is 2.56 bits per heavy atom. The van der Waals surface area contributed by atoms with E-state index < -0.39 is 0 Å². The Morgan fingerprint density at radius 3 is 3.28 bits per heavy atom. The van der Waals surface area contributed by atoms with E-state index in [0.29, 0.717) is 19.6 Å². The Bertz CT molecular complexity index is 367. The van der Waals surface area contributed by atoms with Gasteiger partial charge in [-0.2, -0.15) is 0 Å². The zero-order chi connectivity index (χ0) is 12.8. The predicted molar refractivity (Wildman–Crippen MR) is 72.8 cm³/mol. The van der Waals surface area contributed by atoms with Crippen LogP contribution in [-0.4, -0.2) is 44.1 Å². The van der Waals surface area contributed by atoms with Crippen LogP contribution < -0.4 is 5.32 Å². The van der Waals surface area contributed by atoms with Crippen molar-refractivity contribution < 1.29 is 9.53 Å². The number of hydrogen-bond acceptors (Lipinski definition) is 4. The van der Waals surface area contributed by atoms with E-state index in [9.17, 15) is 4.79 Å². The summed E-state index contributed by atoms with van der Waals surface area (Å²) >= 11 is 1.69. The molecule has 5 heteroatoms. The van der Waals surface area contributed by atoms with E-state index in [4.69, 9.17) is 4.74 Å². The smallest absolute Gasteiger partial charge is 0.222 e. The summed E-state index contributed by atoms with van der Waals surface area (Å²) in [5.41, 5.74) is 0. The number of carbonyl (C=O) groups excluding carboxylic acids is 1. The van der Waals surface area contributed by atoms with Crippen molar-refractivity contribution in [3.8, 4) is 0 Å². The van der Waals surface area contributed by atoms with Gasteiger partial charge >= 0.3 is 0 Å². The molecule has 1 atom stereocenters. The molecule has 0 spiro atoms. The first-order chi connectivity index (χ1) is 8.81. The van der Waals surface area contributed by atoms with E-state index in [0.717, 1.165) is 19.5 Å². The van der Waals surface area contributed by atoms with Gasteiger partial charge in [0, 0.05) is 17.8 Å². The number of amides is 1. The Labute approximate surface area is 112 Å². The molecule has 18 heavy (non-hydrogen) atoms. The number of carbonyl (C=O) groups is 1. The normalized spacial score (nSPS) is 20.1. The van der Waals surface area contributed by atoms with Crippen LogP contribution in [0.15, 0.2) is 17.5 Å². The topological polar surface area (TPSA) is 41.6 Å². The van der Waals surface area contributed by atoms with Crippen molar-refractivity contribution in [2.24, 2.45) is 0 Å². The van der Waals surface area contributed by atoms with Crippen molar-refractivity contribution in [1.29, 1.82) is 0 Å². The summed E-state index contributed by atoms with van der Waals surface area (Å²) in [6.07, 6.45) is 1.58. The molecule has 0 saturated carbocycles. The number of thiophene rings is 1. The van der Waals surface area contributed by atoms with Gasteiger partial charge in [-0.15, -0.1) is 11.3 Å². The minimum absolute atomic E-state index is 0.0620. The highest BCUT2D eigenvalue weighted by Gasteiger charge is 2.25. The second-order valence-electron chi connectivity index (χ2n) is 4.42. The van der Waals surface area contributed by atoms with Gasteiger partial charge < -0.3 is 15.0 Å². The Hall–Kier alpha value is -0.910. The third kappa shape index (κ3) is 3.54. The zero-order valence-electron chi connectivity index (χ0n) is 10.7. The summed E-state index contributed by atoms with van der Waals surface area (Å²) in [7, 11) is 1.91. The van der Waals surface area contributed by atoms with Gasteiger partial charge in [-0.05, 0) is 31.5 Å². The van der Waals surface area contributed by atoms with Gasteiger partial charge in [-0.25, -0.2) is 0 Å². The van der Waals surface area contributed by atoms with Crippen molar-refractivity contribution in [2.75, 3.05) is 33.3 Å². The fraction of sp³-hybridized carbons (Fsp3) is 0.615. The molecule has 1 N–H and O–H groups in total. The van der Waals surface area contributed by atoms with Crippen LogP contribution in [0.4, 0.5) is 0 Å². The van der Waals surface area contributed by atoms with Crippen LogP contribution in [0.1, 0.15) is 23.8 Å². The largest absolute Gasteiger partial charge is 0.369 e. The maximum Gasteiger partial charge on any atom is 0.222 e. The second-order valence-corrected chi connectivity index (χ2v) is 5.40. The highest BCUT2D eigenvalue weighted by atomic mass is 32.1. The molecular weight excluding hydrogens is 248 g/mol. The van der Waals surface area contributed by atoms with Crippen molar-refractivity contribution in [3.05, 3.63) is 22.4 Å². The van der Waals surface area contributed by atoms with Gasteiger partial charge in [0.05, 0.1) is 13.2 Å². The first kappa shape index (κ1) is 13.5. The van der Waals surface area contributed by atoms with Crippen LogP contribution in [0.3, 0.4) is 0 Å². The van der Waals surface area contributed by atoms with E-state index in [1.165, 1.54) is 4.88 Å². The minimum atomic E-state index is 0.0620. The lowest BCUT2D eigenvalue weighted by Gasteiger charge is -2.32. The lowest BCUT2D eigenvalue weighted by Crippen LogP contribution is -2.42. The number of nitrogens with zero attached hydrogens (tertiary/aromatic N) is 1. The van der Waals surface area contributed by atoms with Gasteiger partial charge in [0.2, 0.25) is 5.91 Å². The molecule has 1 unspecified atom stereocenters. The standard InChI is InChI=1S/C13H20N2O2S/c1-14-6-2-5-13(16)15-7-8-17-11(10-15)12-4-3-9-18-12/h3-4,9,11,14H,2,5-8,10H2,1H3. The van der Waals surface area contributed by atoms with Crippen molar-refractivity contribution in [3.63, 3.8) is 0 Å². The van der Waals surface area contributed by atoms with Crippen LogP contribution in [-0.2, 0) is 9.53 Å². The van der Waals surface area contributed by atoms with Gasteiger partial charge in [0.15, 0.2) is 0 Å². The second kappa shape index (κ2) is 6.87. The van der Waals surface area contributed by atoms with E-state index in [1.807, 2.05) is 23.4 Å². The molecule has 1 aliphatic rings. The third-order valence-corrected chi connectivity index (χ3v) is 4.06. The van der Waals surface area contributed by atoms with Crippen LogP contribution in [0.2, 0.25) is 0 Å². The fourth-order valence-corrected chi connectivity index (χ4v) is 2.86. The summed E-state index contributed by atoms with van der Waals surface area (Å²) in [5.74, 6) is 0.245. The fourth-order valence-electron chi connectivity index (χ4n) is 2.10. The first-order valence-corrected chi connectivity index (χ1v) is 7.26. The monoisotopic (exact) mass is 268 g/mol. The zero-order valence-corrected chi connectivity index (χ0v) is 11.5. The summed E-state index contributed by atoms with van der Waals surface area (Å²) in [4.78, 5) is 15.2. The van der Waals surface area contributed by atoms with Crippen LogP contribution >= 0.6 is 11.3 Å². The SMILES string of the molecule is CNCCCC(=O)N1CCOC(c2cccs2)C1. The van der Waals surface area contributed by atoms with Crippen molar-refractivity contribution >= 4 is 17.2 Å². The minimum Gasteiger partial charge on any atom is -0.369 e. The number of rotatable bonds is 5. The molecule has 1 aromatic rings. The average molecular weight is 268 g/mol. The van der Waals surface area contributed by atoms with Crippen molar-refractivity contribution in [2.45, 2.75) is 18.9 Å². The van der Waals surface area contributed by atoms with E-state index in [-0.39, 0.29) is 12.0 Å². The molecule has 1 amide bonds. The molecule has 100 valence electrons. The lowest BCUT2D eigenvalue weighted by atomic mass is 10.2. The van der Waals surface area contributed by atoms with Gasteiger partial charge in [0.25, 0.3) is 0 Å². The lowest BCUT2D eigenvalue weighted by molar-refractivity contribution is -0.139. The number of ether oxygens (including phenoxy) is 1. The average Bonchev–Trinajstić information content (AvgIpc) is 2.93. The molecule has 0 radical (unpaired) electrons. The molecule has 0 aliphatic carbocycles. The van der Waals surface area contributed by atoms with E-state index >= 15 is 0 Å². The number of morpholine rings is 1. The van der Waals surface area contributed by atoms with Gasteiger partial charge in [-0.3, -0.25) is 4.79 Å². The van der Waals surface area contributed by atoms with Crippen molar-refractivity contribution in [1.82, 2.24) is 10.2 Å². The third-order valence-electron chi connectivity index (χ3n) is 3.10. The van der Waals surface area contributed by atoms with Gasteiger partial charge in [-0.1, -0.05) is 6.07 Å². The molecule has 4 nitrogen and oxygen atoms in total. The van der Waals surface area contributed by atoms with Crippen LogP contribution in [0, 0.1) is 0 Å². The van der Waals surface area contributed by atoms with Gasteiger partial charge in [0.1, 0.15) is 6.10 Å². The number of hydrogen-bond donors (Lipinski definition) is 1. The molecule has 1 saturated heterocycles. The van der Waals surface area contributed by atoms with E-state index in [1.54, 1.807) is 11.3 Å². The first-order valence-electron chi connectivity index (χ1n) is 6.38. The maximum atomic E-state index is 12.0. The van der Waals surface area contributed by atoms with E-state index in [2.05, 4.69) is 11.4 Å².